The van der Waals surface area contributed by atoms with Gasteiger partial charge in [-0.15, -0.1) is 10.2 Å². The lowest BCUT2D eigenvalue weighted by molar-refractivity contribution is -0.114. The first-order chi connectivity index (χ1) is 19.4. The molecule has 4 aromatic rings. The van der Waals surface area contributed by atoms with Crippen LogP contribution in [0.1, 0.15) is 20.8 Å². The average molecular weight is 534 g/mol. The highest BCUT2D eigenvalue weighted by Gasteiger charge is 2.32. The second-order valence-corrected chi connectivity index (χ2v) is 10.0. The van der Waals surface area contributed by atoms with Crippen molar-refractivity contribution >= 4 is 40.0 Å². The van der Waals surface area contributed by atoms with E-state index in [4.69, 9.17) is 4.99 Å². The Balaban J connectivity index is 1.35. The van der Waals surface area contributed by atoms with E-state index >= 15 is 0 Å². The van der Waals surface area contributed by atoms with Crippen LogP contribution in [-0.2, 0) is 4.79 Å². The number of piperazine rings is 1. The summed E-state index contributed by atoms with van der Waals surface area (Å²) in [4.78, 5) is 25.0. The number of hydrogen-bond donors (Lipinski definition) is 2. The third kappa shape index (κ3) is 5.83. The standard InChI is InChI=1S/C30H31N9O/c1-20(2)28-18-38(29-14-13-25(36-37-29)22-9-11-23(12-10-22)34-21(3)40)16-17-39(28)30(33-19-31)35-27-8-4-7-26-24(27)6-5-15-32-26/h4-15,20,28H,16-18H2,1-3H3,(H,33,35)(H,34,40). The van der Waals surface area contributed by atoms with Gasteiger partial charge in [0, 0.05) is 49.4 Å². The normalized spacial score (nSPS) is 15.7. The molecule has 10 nitrogen and oxygen atoms in total. The van der Waals surface area contributed by atoms with E-state index in [2.05, 4.69) is 55.7 Å². The van der Waals surface area contributed by atoms with Crippen LogP contribution in [0.5, 0.6) is 0 Å². The van der Waals surface area contributed by atoms with Crippen molar-refractivity contribution in [3.05, 3.63) is 72.9 Å². The van der Waals surface area contributed by atoms with Gasteiger partial charge in [-0.1, -0.05) is 32.0 Å². The van der Waals surface area contributed by atoms with Crippen LogP contribution >= 0.6 is 0 Å². The van der Waals surface area contributed by atoms with E-state index in [1.807, 2.05) is 66.7 Å². The zero-order chi connectivity index (χ0) is 28.1. The number of nitriles is 1. The monoisotopic (exact) mass is 533 g/mol. The SMILES string of the molecule is CC(=O)Nc1ccc(-c2ccc(N3CCN(C(=Nc4cccc5ncccc45)NC#N)C(C(C)C)C3)nn2)cc1. The molecule has 2 aromatic heterocycles. The fourth-order valence-electron chi connectivity index (χ4n) is 4.94. The maximum Gasteiger partial charge on any atom is 0.221 e. The summed E-state index contributed by atoms with van der Waals surface area (Å²) in [5.41, 5.74) is 4.04. The van der Waals surface area contributed by atoms with Crippen molar-refractivity contribution < 1.29 is 4.79 Å². The summed E-state index contributed by atoms with van der Waals surface area (Å²) in [5, 5.41) is 25.1. The predicted molar refractivity (Wildman–Crippen MR) is 157 cm³/mol. The van der Waals surface area contributed by atoms with Crippen molar-refractivity contribution in [3.8, 4) is 17.5 Å². The van der Waals surface area contributed by atoms with Gasteiger partial charge in [-0.3, -0.25) is 15.1 Å². The van der Waals surface area contributed by atoms with Crippen molar-refractivity contribution in [1.29, 1.82) is 5.26 Å². The van der Waals surface area contributed by atoms with E-state index in [-0.39, 0.29) is 17.9 Å². The van der Waals surface area contributed by atoms with Crippen LogP contribution in [0.2, 0.25) is 0 Å². The Labute approximate surface area is 233 Å². The van der Waals surface area contributed by atoms with E-state index in [9.17, 15) is 10.1 Å². The molecule has 40 heavy (non-hydrogen) atoms. The molecule has 1 unspecified atom stereocenters. The molecule has 0 radical (unpaired) electrons. The largest absolute Gasteiger partial charge is 0.351 e. The molecule has 1 fully saturated rings. The molecule has 0 aliphatic carbocycles. The molecule has 1 amide bonds. The number of rotatable bonds is 5. The van der Waals surface area contributed by atoms with Crippen molar-refractivity contribution in [3.63, 3.8) is 0 Å². The Kier molecular flexibility index (Phi) is 7.82. The summed E-state index contributed by atoms with van der Waals surface area (Å²) in [5.74, 6) is 1.51. The summed E-state index contributed by atoms with van der Waals surface area (Å²) >= 11 is 0. The number of hydrogen-bond acceptors (Lipinski definition) is 7. The second-order valence-electron chi connectivity index (χ2n) is 10.0. The minimum atomic E-state index is -0.107. The van der Waals surface area contributed by atoms with Crippen LogP contribution in [0.3, 0.4) is 0 Å². The second kappa shape index (κ2) is 11.8. The quantitative estimate of drug-likeness (QED) is 0.166. The molecule has 2 N–H and O–H groups in total. The number of fused-ring (bicyclic) bond motifs is 1. The maximum absolute atomic E-state index is 11.3. The van der Waals surface area contributed by atoms with E-state index in [1.54, 1.807) is 6.20 Å². The Morgan fingerprint density at radius 2 is 1.88 bits per heavy atom. The zero-order valence-corrected chi connectivity index (χ0v) is 22.7. The maximum atomic E-state index is 11.3. The molecule has 3 heterocycles. The number of nitrogens with one attached hydrogen (secondary N) is 2. The smallest absolute Gasteiger partial charge is 0.221 e. The third-order valence-corrected chi connectivity index (χ3v) is 6.95. The van der Waals surface area contributed by atoms with Crippen molar-refractivity contribution in [2.75, 3.05) is 29.9 Å². The number of guanidine groups is 1. The topological polar surface area (TPSA) is 122 Å². The molecule has 0 spiro atoms. The summed E-state index contributed by atoms with van der Waals surface area (Å²) in [6, 6.07) is 21.3. The van der Waals surface area contributed by atoms with Crippen LogP contribution in [0, 0.1) is 17.4 Å². The molecule has 1 aliphatic rings. The summed E-state index contributed by atoms with van der Waals surface area (Å²) in [6.07, 6.45) is 3.84. The van der Waals surface area contributed by atoms with Crippen LogP contribution < -0.4 is 15.5 Å². The van der Waals surface area contributed by atoms with E-state index < -0.39 is 0 Å². The first kappa shape index (κ1) is 26.6. The highest BCUT2D eigenvalue weighted by atomic mass is 16.1. The van der Waals surface area contributed by atoms with Crippen LogP contribution in [0.25, 0.3) is 22.2 Å². The number of nitrogens with zero attached hydrogens (tertiary/aromatic N) is 7. The Hall–Kier alpha value is -5.04. The van der Waals surface area contributed by atoms with E-state index in [1.165, 1.54) is 6.92 Å². The molecule has 1 atom stereocenters. The first-order valence-electron chi connectivity index (χ1n) is 13.2. The summed E-state index contributed by atoms with van der Waals surface area (Å²) in [7, 11) is 0. The number of carbonyl (C=O) groups is 1. The predicted octanol–water partition coefficient (Wildman–Crippen LogP) is 4.56. The molecule has 0 saturated carbocycles. The van der Waals surface area contributed by atoms with E-state index in [0.29, 0.717) is 25.6 Å². The highest BCUT2D eigenvalue weighted by Crippen LogP contribution is 2.27. The minimum absolute atomic E-state index is 0.0873. The van der Waals surface area contributed by atoms with Crippen LogP contribution in [0.15, 0.2) is 77.9 Å². The molecule has 1 aliphatic heterocycles. The molecule has 1 saturated heterocycles. The van der Waals surface area contributed by atoms with Crippen molar-refractivity contribution in [1.82, 2.24) is 25.4 Å². The van der Waals surface area contributed by atoms with Gasteiger partial charge in [-0.2, -0.15) is 5.26 Å². The first-order valence-corrected chi connectivity index (χ1v) is 13.2. The number of benzene rings is 2. The molecule has 202 valence electrons. The van der Waals surface area contributed by atoms with E-state index in [0.717, 1.165) is 39.4 Å². The number of aromatic nitrogens is 3. The van der Waals surface area contributed by atoms with Gasteiger partial charge in [0.05, 0.1) is 22.9 Å². The van der Waals surface area contributed by atoms with Gasteiger partial charge in [0.2, 0.25) is 11.9 Å². The number of aliphatic imine (C=N–C) groups is 1. The number of anilines is 2. The van der Waals surface area contributed by atoms with Gasteiger partial charge < -0.3 is 15.1 Å². The van der Waals surface area contributed by atoms with Crippen LogP contribution in [-0.4, -0.2) is 57.6 Å². The van der Waals surface area contributed by atoms with Crippen molar-refractivity contribution in [2.24, 2.45) is 10.9 Å². The van der Waals surface area contributed by atoms with Gasteiger partial charge in [0.1, 0.15) is 0 Å². The summed E-state index contributed by atoms with van der Waals surface area (Å²) in [6.45, 7) is 7.90. The Morgan fingerprint density at radius 1 is 1.05 bits per heavy atom. The number of carbonyl (C=O) groups excluding carboxylic acids is 1. The lowest BCUT2D eigenvalue weighted by Gasteiger charge is -2.44. The zero-order valence-electron chi connectivity index (χ0n) is 22.7. The number of amides is 1. The third-order valence-electron chi connectivity index (χ3n) is 6.95. The molecule has 0 bridgehead atoms. The van der Waals surface area contributed by atoms with Gasteiger partial charge in [-0.05, 0) is 54.4 Å². The fourth-order valence-corrected chi connectivity index (χ4v) is 4.94. The fraction of sp³-hybridized carbons (Fsp3) is 0.267. The lowest BCUT2D eigenvalue weighted by Crippen LogP contribution is -2.59. The van der Waals surface area contributed by atoms with Gasteiger partial charge in [-0.25, -0.2) is 4.99 Å². The molecule has 5 rings (SSSR count). The minimum Gasteiger partial charge on any atom is -0.351 e. The molecular formula is C30H31N9O. The van der Waals surface area contributed by atoms with Crippen molar-refractivity contribution in [2.45, 2.75) is 26.8 Å². The molecule has 2 aromatic carbocycles. The van der Waals surface area contributed by atoms with Gasteiger partial charge in [0.15, 0.2) is 12.0 Å². The Bertz CT molecular complexity index is 1550. The molecule has 10 heteroatoms. The summed E-state index contributed by atoms with van der Waals surface area (Å²) < 4.78 is 0. The van der Waals surface area contributed by atoms with Gasteiger partial charge >= 0.3 is 0 Å². The highest BCUT2D eigenvalue weighted by molar-refractivity contribution is 5.94. The average Bonchev–Trinajstić information content (AvgIpc) is 2.97. The number of pyridine rings is 1. The van der Waals surface area contributed by atoms with Gasteiger partial charge in [0.25, 0.3) is 0 Å². The molecular weight excluding hydrogens is 502 g/mol. The Morgan fingerprint density at radius 3 is 2.58 bits per heavy atom. The lowest BCUT2D eigenvalue weighted by atomic mass is 9.99. The van der Waals surface area contributed by atoms with Crippen LogP contribution in [0.4, 0.5) is 17.2 Å².